The Labute approximate surface area is 221 Å². The maximum Gasteiger partial charge on any atom is 0.286 e. The molecule has 2 aromatic rings. The highest BCUT2D eigenvalue weighted by Crippen LogP contribution is 2.35. The van der Waals surface area contributed by atoms with Crippen LogP contribution in [0.5, 0.6) is 0 Å². The summed E-state index contributed by atoms with van der Waals surface area (Å²) in [5.74, 6) is -0.867. The van der Waals surface area contributed by atoms with Crippen LogP contribution in [-0.4, -0.2) is 76.2 Å². The van der Waals surface area contributed by atoms with Crippen molar-refractivity contribution in [2.75, 3.05) is 26.4 Å². The molecule has 1 heterocycles. The van der Waals surface area contributed by atoms with Crippen molar-refractivity contribution in [1.82, 2.24) is 25.3 Å². The van der Waals surface area contributed by atoms with E-state index in [1.54, 1.807) is 0 Å². The van der Waals surface area contributed by atoms with E-state index in [1.165, 1.54) is 34.9 Å². The Morgan fingerprint density at radius 3 is 2.57 bits per heavy atom. The number of benzene rings is 1. The number of halogens is 1. The fraction of sp³-hybridized carbons (Fsp3) is 0.577. The van der Waals surface area contributed by atoms with Gasteiger partial charge in [-0.15, -0.1) is 10.2 Å². The maximum absolute atomic E-state index is 13.8. The Balaban J connectivity index is 1.90. The molecule has 1 aromatic carbocycles. The van der Waals surface area contributed by atoms with Crippen LogP contribution in [0.25, 0.3) is 0 Å². The number of carbonyl (C=O) groups is 3. The molecule has 1 aromatic heterocycles. The van der Waals surface area contributed by atoms with Crippen LogP contribution in [0.1, 0.15) is 73.4 Å². The lowest BCUT2D eigenvalue weighted by atomic mass is 9.84. The molecule has 1 unspecified atom stereocenters. The molecule has 202 valence electrons. The summed E-state index contributed by atoms with van der Waals surface area (Å²) in [4.78, 5) is 42.9. The topological polar surface area (TPSA) is 109 Å². The van der Waals surface area contributed by atoms with Crippen LogP contribution in [0.3, 0.4) is 0 Å². The molecule has 1 atom stereocenters. The first-order valence-electron chi connectivity index (χ1n) is 12.6. The summed E-state index contributed by atoms with van der Waals surface area (Å²) >= 11 is 1.36. The molecular weight excluding hydrogens is 497 g/mol. The summed E-state index contributed by atoms with van der Waals surface area (Å²) in [5, 5.41) is 11.3. The first-order chi connectivity index (χ1) is 17.6. The second kappa shape index (κ2) is 13.1. The summed E-state index contributed by atoms with van der Waals surface area (Å²) in [7, 11) is 3.92. The molecule has 11 heteroatoms. The van der Waals surface area contributed by atoms with Gasteiger partial charge in [0.2, 0.25) is 12.2 Å². The molecule has 1 aliphatic carbocycles. The maximum atomic E-state index is 13.8. The van der Waals surface area contributed by atoms with E-state index < -0.39 is 29.2 Å². The third-order valence-corrected chi connectivity index (χ3v) is 7.23. The SMILES string of the molecule is CC(C)CC(C(=O)c1nnc(SCCN(C)C)o1)N(C=O)C1(NC(=O)c2cccc(F)c2)CCCCC1. The molecule has 2 amide bonds. The molecule has 1 saturated carbocycles. The molecule has 0 spiro atoms. The minimum atomic E-state index is -1.10. The molecule has 3 rings (SSSR count). The lowest BCUT2D eigenvalue weighted by Crippen LogP contribution is -2.65. The van der Waals surface area contributed by atoms with E-state index in [0.29, 0.717) is 31.4 Å². The summed E-state index contributed by atoms with van der Waals surface area (Å²) in [6.45, 7) is 4.72. The molecular formula is C26H36FN5O4S. The van der Waals surface area contributed by atoms with Gasteiger partial charge in [0.1, 0.15) is 17.5 Å². The van der Waals surface area contributed by atoms with Crippen molar-refractivity contribution < 1.29 is 23.2 Å². The number of hydrogen-bond acceptors (Lipinski definition) is 8. The predicted molar refractivity (Wildman–Crippen MR) is 139 cm³/mol. The van der Waals surface area contributed by atoms with E-state index in [9.17, 15) is 18.8 Å². The number of hydrogen-bond donors (Lipinski definition) is 1. The molecule has 37 heavy (non-hydrogen) atoms. The van der Waals surface area contributed by atoms with Gasteiger partial charge in [0.15, 0.2) is 0 Å². The highest BCUT2D eigenvalue weighted by atomic mass is 32.2. The van der Waals surface area contributed by atoms with Crippen LogP contribution in [0.2, 0.25) is 0 Å². The number of amides is 2. The average Bonchev–Trinajstić information content (AvgIpc) is 3.32. The number of nitrogens with zero attached hydrogens (tertiary/aromatic N) is 4. The van der Waals surface area contributed by atoms with E-state index >= 15 is 0 Å². The van der Waals surface area contributed by atoms with Crippen molar-refractivity contribution in [2.24, 2.45) is 5.92 Å². The van der Waals surface area contributed by atoms with E-state index in [0.717, 1.165) is 31.9 Å². The first-order valence-corrected chi connectivity index (χ1v) is 13.6. The van der Waals surface area contributed by atoms with Gasteiger partial charge in [0.05, 0.1) is 0 Å². The molecule has 1 N–H and O–H groups in total. The van der Waals surface area contributed by atoms with Gasteiger partial charge in [-0.2, -0.15) is 0 Å². The number of carbonyl (C=O) groups excluding carboxylic acids is 3. The van der Waals surface area contributed by atoms with E-state index in [1.807, 2.05) is 32.8 Å². The standard InChI is InChI=1S/C26H36FN5O4S/c1-18(2)15-21(22(34)24-29-30-25(36-24)37-14-13-31(3)4)32(17-33)26(11-6-5-7-12-26)28-23(35)19-9-8-10-20(27)16-19/h8-10,16-18,21H,5-7,11-15H2,1-4H3,(H,28,35). The third kappa shape index (κ3) is 7.61. The molecule has 0 saturated heterocycles. The van der Waals surface area contributed by atoms with Crippen molar-refractivity contribution in [3.63, 3.8) is 0 Å². The smallest absolute Gasteiger partial charge is 0.286 e. The van der Waals surface area contributed by atoms with Gasteiger partial charge in [-0.1, -0.05) is 38.1 Å². The Morgan fingerprint density at radius 2 is 1.95 bits per heavy atom. The second-order valence-electron chi connectivity index (χ2n) is 10.1. The van der Waals surface area contributed by atoms with Gasteiger partial charge in [-0.05, 0) is 70.3 Å². The van der Waals surface area contributed by atoms with E-state index in [2.05, 4.69) is 15.5 Å². The van der Waals surface area contributed by atoms with Crippen LogP contribution in [0, 0.1) is 11.7 Å². The summed E-state index contributed by atoms with van der Waals surface area (Å²) < 4.78 is 19.5. The summed E-state index contributed by atoms with van der Waals surface area (Å²) in [5.41, 5.74) is -0.944. The van der Waals surface area contributed by atoms with Crippen LogP contribution in [-0.2, 0) is 4.79 Å². The Hall–Kier alpha value is -2.79. The number of thioether (sulfide) groups is 1. The Kier molecular flexibility index (Phi) is 10.2. The molecule has 0 aliphatic heterocycles. The molecule has 9 nitrogen and oxygen atoms in total. The van der Waals surface area contributed by atoms with Crippen LogP contribution in [0.15, 0.2) is 33.9 Å². The highest BCUT2D eigenvalue weighted by Gasteiger charge is 2.45. The van der Waals surface area contributed by atoms with Crippen LogP contribution in [0.4, 0.5) is 4.39 Å². The highest BCUT2D eigenvalue weighted by molar-refractivity contribution is 7.99. The lowest BCUT2D eigenvalue weighted by Gasteiger charge is -2.48. The largest absolute Gasteiger partial charge is 0.408 e. The van der Waals surface area contributed by atoms with Gasteiger partial charge in [0.25, 0.3) is 17.0 Å². The zero-order valence-electron chi connectivity index (χ0n) is 21.9. The molecule has 1 fully saturated rings. The van der Waals surface area contributed by atoms with Crippen molar-refractivity contribution in [1.29, 1.82) is 0 Å². The van der Waals surface area contributed by atoms with Gasteiger partial charge in [0, 0.05) is 17.9 Å². The minimum absolute atomic E-state index is 0.0628. The predicted octanol–water partition coefficient (Wildman–Crippen LogP) is 4.01. The monoisotopic (exact) mass is 533 g/mol. The quantitative estimate of drug-likeness (QED) is 0.178. The zero-order chi connectivity index (χ0) is 27.0. The van der Waals surface area contributed by atoms with Gasteiger partial charge in [-0.3, -0.25) is 14.4 Å². The van der Waals surface area contributed by atoms with Crippen LogP contribution < -0.4 is 5.32 Å². The van der Waals surface area contributed by atoms with Crippen molar-refractivity contribution in [3.05, 3.63) is 41.5 Å². The van der Waals surface area contributed by atoms with Gasteiger partial charge >= 0.3 is 0 Å². The fourth-order valence-corrected chi connectivity index (χ4v) is 5.46. The molecule has 1 aliphatic rings. The number of rotatable bonds is 13. The summed E-state index contributed by atoms with van der Waals surface area (Å²) in [6.07, 6.45) is 4.41. The lowest BCUT2D eigenvalue weighted by molar-refractivity contribution is -0.129. The van der Waals surface area contributed by atoms with Crippen molar-refractivity contribution in [2.45, 2.75) is 69.3 Å². The number of Topliss-reactive ketones (excluding diaryl/α,β-unsaturated/α-hetero) is 1. The van der Waals surface area contributed by atoms with Gasteiger partial charge < -0.3 is 19.5 Å². The zero-order valence-corrected chi connectivity index (χ0v) is 22.7. The number of ketones is 1. The normalized spacial score (nSPS) is 16.0. The summed E-state index contributed by atoms with van der Waals surface area (Å²) in [6, 6.07) is 4.49. The number of nitrogens with one attached hydrogen (secondary N) is 1. The molecule has 0 radical (unpaired) electrons. The van der Waals surface area contributed by atoms with Gasteiger partial charge in [-0.25, -0.2) is 4.39 Å². The van der Waals surface area contributed by atoms with Crippen LogP contribution >= 0.6 is 11.8 Å². The number of aromatic nitrogens is 2. The van der Waals surface area contributed by atoms with E-state index in [4.69, 9.17) is 4.42 Å². The van der Waals surface area contributed by atoms with E-state index in [-0.39, 0.29) is 22.6 Å². The van der Waals surface area contributed by atoms with Crippen molar-refractivity contribution >= 4 is 29.9 Å². The minimum Gasteiger partial charge on any atom is -0.408 e. The fourth-order valence-electron chi connectivity index (χ4n) is 4.59. The Morgan fingerprint density at radius 1 is 1.22 bits per heavy atom. The molecule has 0 bridgehead atoms. The first kappa shape index (κ1) is 28.8. The Bertz CT molecular complexity index is 1070. The second-order valence-corrected chi connectivity index (χ2v) is 11.2. The third-order valence-electron chi connectivity index (χ3n) is 6.44. The average molecular weight is 534 g/mol. The van der Waals surface area contributed by atoms with Crippen molar-refractivity contribution in [3.8, 4) is 0 Å².